The summed E-state index contributed by atoms with van der Waals surface area (Å²) in [7, 11) is 0. The molecule has 11 heavy (non-hydrogen) atoms. The molecular formula is C9H21NO. The van der Waals surface area contributed by atoms with Gasteiger partial charge in [0.1, 0.15) is 0 Å². The molecule has 0 radical (unpaired) electrons. The topological polar surface area (TPSA) is 32.3 Å². The molecule has 0 aliphatic carbocycles. The lowest BCUT2D eigenvalue weighted by Gasteiger charge is -2.08. The third-order valence-corrected chi connectivity index (χ3v) is 1.21. The van der Waals surface area contributed by atoms with E-state index < -0.39 is 5.60 Å². The van der Waals surface area contributed by atoms with Gasteiger partial charge in [-0.25, -0.2) is 0 Å². The zero-order valence-electron chi connectivity index (χ0n) is 7.98. The molecule has 0 aromatic heterocycles. The maximum absolute atomic E-state index is 8.52. The van der Waals surface area contributed by atoms with E-state index in [-0.39, 0.29) is 0 Å². The minimum Gasteiger partial charge on any atom is -0.391 e. The highest BCUT2D eigenvalue weighted by molar-refractivity contribution is 4.55. The molecule has 0 amide bonds. The second kappa shape index (κ2) is 5.56. The Kier molecular flexibility index (Phi) is 5.51. The second-order valence-electron chi connectivity index (χ2n) is 3.98. The maximum Gasteiger partial charge on any atom is 0.0563 e. The van der Waals surface area contributed by atoms with Crippen LogP contribution in [0.15, 0.2) is 0 Å². The average Bonchev–Trinajstić information content (AvgIpc) is 1.88. The molecule has 0 bridgehead atoms. The third kappa shape index (κ3) is 17.8. The first-order valence-corrected chi connectivity index (χ1v) is 4.43. The van der Waals surface area contributed by atoms with Crippen molar-refractivity contribution < 1.29 is 5.11 Å². The largest absolute Gasteiger partial charge is 0.391 e. The van der Waals surface area contributed by atoms with Gasteiger partial charge in [-0.05, 0) is 46.7 Å². The summed E-state index contributed by atoms with van der Waals surface area (Å²) in [6.45, 7) is 7.73. The van der Waals surface area contributed by atoms with Crippen molar-refractivity contribution in [3.63, 3.8) is 0 Å². The molecule has 0 spiro atoms. The molecule has 0 saturated carbocycles. The molecule has 1 rings (SSSR count). The standard InChI is InChI=1S/C5H11N.C4H10O/c1-2-4-6-5-3-1;1-4(2,3)5/h6H,1-5H2;5H,1-3H3. The molecule has 2 nitrogen and oxygen atoms in total. The Bertz CT molecular complexity index is 64.5. The van der Waals surface area contributed by atoms with Crippen molar-refractivity contribution in [2.24, 2.45) is 0 Å². The minimum atomic E-state index is -0.500. The van der Waals surface area contributed by atoms with Crippen LogP contribution in [0.3, 0.4) is 0 Å². The van der Waals surface area contributed by atoms with E-state index >= 15 is 0 Å². The minimum absolute atomic E-state index is 0.500. The molecule has 0 aromatic rings. The van der Waals surface area contributed by atoms with E-state index in [0.29, 0.717) is 0 Å². The molecule has 68 valence electrons. The van der Waals surface area contributed by atoms with Crippen LogP contribution in [-0.4, -0.2) is 23.8 Å². The van der Waals surface area contributed by atoms with Gasteiger partial charge < -0.3 is 10.4 Å². The van der Waals surface area contributed by atoms with Crippen LogP contribution in [0, 0.1) is 0 Å². The predicted octanol–water partition coefficient (Wildman–Crippen LogP) is 1.54. The lowest BCUT2D eigenvalue weighted by Crippen LogP contribution is -2.21. The van der Waals surface area contributed by atoms with Crippen LogP contribution in [0.1, 0.15) is 40.0 Å². The molecular weight excluding hydrogens is 138 g/mol. The first-order valence-electron chi connectivity index (χ1n) is 4.43. The van der Waals surface area contributed by atoms with Crippen molar-refractivity contribution in [2.45, 2.75) is 45.6 Å². The van der Waals surface area contributed by atoms with E-state index in [1.54, 1.807) is 20.8 Å². The van der Waals surface area contributed by atoms with E-state index in [0.717, 1.165) is 0 Å². The normalized spacial score (nSPS) is 18.5. The third-order valence-electron chi connectivity index (χ3n) is 1.21. The summed E-state index contributed by atoms with van der Waals surface area (Å²) in [4.78, 5) is 0. The Labute approximate surface area is 70.0 Å². The Hall–Kier alpha value is -0.0800. The van der Waals surface area contributed by atoms with Gasteiger partial charge in [0.15, 0.2) is 0 Å². The van der Waals surface area contributed by atoms with E-state index in [4.69, 9.17) is 5.11 Å². The van der Waals surface area contributed by atoms with Crippen LogP contribution < -0.4 is 5.32 Å². The summed E-state index contributed by atoms with van der Waals surface area (Å²) in [6, 6.07) is 0. The second-order valence-corrected chi connectivity index (χ2v) is 3.98. The van der Waals surface area contributed by atoms with Gasteiger partial charge in [-0.1, -0.05) is 6.42 Å². The fraction of sp³-hybridized carbons (Fsp3) is 1.00. The van der Waals surface area contributed by atoms with Crippen LogP contribution in [-0.2, 0) is 0 Å². The van der Waals surface area contributed by atoms with E-state index in [1.165, 1.54) is 32.4 Å². The summed E-state index contributed by atoms with van der Waals surface area (Å²) in [5.74, 6) is 0. The Balaban J connectivity index is 0.000000187. The molecule has 1 aliphatic rings. The molecule has 1 saturated heterocycles. The Morgan fingerprint density at radius 1 is 1.00 bits per heavy atom. The summed E-state index contributed by atoms with van der Waals surface area (Å²) in [5, 5.41) is 11.8. The van der Waals surface area contributed by atoms with Crippen molar-refractivity contribution in [2.75, 3.05) is 13.1 Å². The smallest absolute Gasteiger partial charge is 0.0563 e. The van der Waals surface area contributed by atoms with Crippen molar-refractivity contribution in [3.8, 4) is 0 Å². The molecule has 1 fully saturated rings. The number of hydrogen-bond acceptors (Lipinski definition) is 2. The lowest BCUT2D eigenvalue weighted by atomic mass is 10.2. The van der Waals surface area contributed by atoms with Gasteiger partial charge in [0.2, 0.25) is 0 Å². The number of nitrogens with one attached hydrogen (secondary N) is 1. The lowest BCUT2D eigenvalue weighted by molar-refractivity contribution is 0.102. The first-order chi connectivity index (χ1) is 5.00. The molecule has 0 aromatic carbocycles. The molecule has 1 aliphatic heterocycles. The van der Waals surface area contributed by atoms with Gasteiger partial charge in [-0.3, -0.25) is 0 Å². The maximum atomic E-state index is 8.52. The van der Waals surface area contributed by atoms with Crippen LogP contribution in [0.25, 0.3) is 0 Å². The van der Waals surface area contributed by atoms with Gasteiger partial charge in [-0.2, -0.15) is 0 Å². The highest BCUT2D eigenvalue weighted by atomic mass is 16.3. The average molecular weight is 159 g/mol. The predicted molar refractivity (Wildman–Crippen MR) is 48.7 cm³/mol. The highest BCUT2D eigenvalue weighted by Crippen LogP contribution is 1.96. The van der Waals surface area contributed by atoms with Gasteiger partial charge >= 0.3 is 0 Å². The number of rotatable bonds is 0. The van der Waals surface area contributed by atoms with Crippen LogP contribution >= 0.6 is 0 Å². The fourth-order valence-electron chi connectivity index (χ4n) is 0.802. The monoisotopic (exact) mass is 159 g/mol. The zero-order chi connectivity index (χ0) is 8.74. The first kappa shape index (κ1) is 10.9. The Morgan fingerprint density at radius 3 is 1.45 bits per heavy atom. The molecule has 0 atom stereocenters. The van der Waals surface area contributed by atoms with Crippen molar-refractivity contribution in [3.05, 3.63) is 0 Å². The molecule has 0 unspecified atom stereocenters. The summed E-state index contributed by atoms with van der Waals surface area (Å²) >= 11 is 0. The van der Waals surface area contributed by atoms with Crippen LogP contribution in [0.5, 0.6) is 0 Å². The number of piperidine rings is 1. The summed E-state index contributed by atoms with van der Waals surface area (Å²) in [5.41, 5.74) is -0.500. The molecule has 1 heterocycles. The number of hydrogen-bond donors (Lipinski definition) is 2. The van der Waals surface area contributed by atoms with E-state index in [9.17, 15) is 0 Å². The molecule has 2 heteroatoms. The van der Waals surface area contributed by atoms with Crippen LogP contribution in [0.2, 0.25) is 0 Å². The van der Waals surface area contributed by atoms with E-state index in [1.807, 2.05) is 0 Å². The van der Waals surface area contributed by atoms with Gasteiger partial charge in [0, 0.05) is 0 Å². The van der Waals surface area contributed by atoms with Gasteiger partial charge in [0.25, 0.3) is 0 Å². The molecule has 2 N–H and O–H groups in total. The highest BCUT2D eigenvalue weighted by Gasteiger charge is 1.97. The Morgan fingerprint density at radius 2 is 1.36 bits per heavy atom. The van der Waals surface area contributed by atoms with Crippen LogP contribution in [0.4, 0.5) is 0 Å². The quantitative estimate of drug-likeness (QED) is 0.562. The summed E-state index contributed by atoms with van der Waals surface area (Å²) < 4.78 is 0. The van der Waals surface area contributed by atoms with Crippen molar-refractivity contribution in [1.29, 1.82) is 0 Å². The van der Waals surface area contributed by atoms with Crippen molar-refractivity contribution in [1.82, 2.24) is 5.32 Å². The van der Waals surface area contributed by atoms with Gasteiger partial charge in [0.05, 0.1) is 5.60 Å². The zero-order valence-corrected chi connectivity index (χ0v) is 7.98. The van der Waals surface area contributed by atoms with Crippen molar-refractivity contribution >= 4 is 0 Å². The SMILES string of the molecule is C1CCNCC1.CC(C)(C)O. The summed E-state index contributed by atoms with van der Waals surface area (Å²) in [6.07, 6.45) is 4.22. The fourth-order valence-corrected chi connectivity index (χ4v) is 0.802. The van der Waals surface area contributed by atoms with E-state index in [2.05, 4.69) is 5.32 Å². The number of aliphatic hydroxyl groups is 1. The van der Waals surface area contributed by atoms with Gasteiger partial charge in [-0.15, -0.1) is 0 Å².